The van der Waals surface area contributed by atoms with E-state index in [0.717, 1.165) is 18.7 Å². The van der Waals surface area contributed by atoms with Gasteiger partial charge in [-0.2, -0.15) is 0 Å². The van der Waals surface area contributed by atoms with Crippen LogP contribution in [0.1, 0.15) is 39.8 Å². The minimum Gasteiger partial charge on any atom is -0.476 e. The average Bonchev–Trinajstić information content (AvgIpc) is 2.39. The molecule has 0 unspecified atom stereocenters. The van der Waals surface area contributed by atoms with Crippen LogP contribution in [0.3, 0.4) is 0 Å². The molecule has 0 spiro atoms. The van der Waals surface area contributed by atoms with Gasteiger partial charge in [-0.05, 0) is 26.3 Å². The predicted molar refractivity (Wildman–Crippen MR) is 79.8 cm³/mol. The molecule has 0 aliphatic heterocycles. The van der Waals surface area contributed by atoms with Crippen LogP contribution < -0.4 is 10.1 Å². The van der Waals surface area contributed by atoms with Gasteiger partial charge in [0, 0.05) is 26.3 Å². The van der Waals surface area contributed by atoms with Crippen molar-refractivity contribution < 1.29 is 9.47 Å². The smallest absolute Gasteiger partial charge is 0.232 e. The van der Waals surface area contributed by atoms with Crippen LogP contribution >= 0.6 is 0 Å². The third-order valence-electron chi connectivity index (χ3n) is 3.03. The number of aromatic nitrogens is 2. The van der Waals surface area contributed by atoms with Gasteiger partial charge in [-0.3, -0.25) is 4.98 Å². The molecule has 0 fully saturated rings. The molecule has 1 aromatic heterocycles. The fourth-order valence-electron chi connectivity index (χ4n) is 1.53. The van der Waals surface area contributed by atoms with Gasteiger partial charge in [-0.25, -0.2) is 4.98 Å². The predicted octanol–water partition coefficient (Wildman–Crippen LogP) is 2.42. The van der Waals surface area contributed by atoms with Crippen LogP contribution in [0, 0.1) is 5.92 Å². The van der Waals surface area contributed by atoms with E-state index < -0.39 is 0 Å². The Morgan fingerprint density at radius 1 is 1.30 bits per heavy atom. The number of nitrogens with one attached hydrogen (secondary N) is 1. The van der Waals surface area contributed by atoms with Gasteiger partial charge in [0.15, 0.2) is 0 Å². The molecule has 5 nitrogen and oxygen atoms in total. The first-order chi connectivity index (χ1) is 9.43. The van der Waals surface area contributed by atoms with Gasteiger partial charge in [0.2, 0.25) is 5.88 Å². The Morgan fingerprint density at radius 3 is 2.70 bits per heavy atom. The summed E-state index contributed by atoms with van der Waals surface area (Å²) < 4.78 is 11.0. The van der Waals surface area contributed by atoms with Gasteiger partial charge in [0.25, 0.3) is 0 Å². The van der Waals surface area contributed by atoms with Crippen molar-refractivity contribution in [3.8, 4) is 5.88 Å². The van der Waals surface area contributed by atoms with E-state index in [4.69, 9.17) is 9.47 Å². The number of ether oxygens (including phenoxy) is 2. The number of nitrogens with zero attached hydrogens (tertiary/aromatic N) is 2. The quantitative estimate of drug-likeness (QED) is 0.753. The molecule has 1 heterocycles. The maximum absolute atomic E-state index is 5.63. The van der Waals surface area contributed by atoms with Crippen molar-refractivity contribution in [1.29, 1.82) is 0 Å². The summed E-state index contributed by atoms with van der Waals surface area (Å²) in [6.07, 6.45) is 4.21. The Bertz CT molecular complexity index is 394. The molecule has 0 aliphatic rings. The maximum Gasteiger partial charge on any atom is 0.232 e. The maximum atomic E-state index is 5.63. The summed E-state index contributed by atoms with van der Waals surface area (Å²) in [5.74, 6) is 1.19. The number of hydrogen-bond donors (Lipinski definition) is 1. The van der Waals surface area contributed by atoms with Crippen molar-refractivity contribution in [1.82, 2.24) is 15.3 Å². The Morgan fingerprint density at radius 2 is 2.05 bits per heavy atom. The SMILES string of the molecule is COC(C)(C)CCOc1cncc(CNCC(C)C)n1. The minimum absolute atomic E-state index is 0.177. The molecule has 0 saturated heterocycles. The van der Waals surface area contributed by atoms with E-state index in [0.29, 0.717) is 24.9 Å². The molecule has 5 heteroatoms. The molecule has 1 rings (SSSR count). The second-order valence-corrected chi connectivity index (χ2v) is 5.94. The number of rotatable bonds is 9. The standard InChI is InChI=1S/C15H27N3O2/c1-12(2)8-16-9-13-10-17-11-14(18-13)20-7-6-15(3,4)19-5/h10-12,16H,6-9H2,1-5H3. The summed E-state index contributed by atoms with van der Waals surface area (Å²) in [5, 5.41) is 3.34. The van der Waals surface area contributed by atoms with Crippen LogP contribution in [-0.2, 0) is 11.3 Å². The topological polar surface area (TPSA) is 56.3 Å². The zero-order chi connectivity index (χ0) is 15.0. The number of hydrogen-bond acceptors (Lipinski definition) is 5. The lowest BCUT2D eigenvalue weighted by Gasteiger charge is -2.22. The summed E-state index contributed by atoms with van der Waals surface area (Å²) in [6.45, 7) is 10.7. The Labute approximate surface area is 122 Å². The molecule has 0 atom stereocenters. The molecule has 0 aliphatic carbocycles. The van der Waals surface area contributed by atoms with Gasteiger partial charge in [-0.15, -0.1) is 0 Å². The first-order valence-electron chi connectivity index (χ1n) is 7.12. The first kappa shape index (κ1) is 16.9. The summed E-state index contributed by atoms with van der Waals surface area (Å²) in [6, 6.07) is 0. The molecule has 1 aromatic rings. The zero-order valence-electron chi connectivity index (χ0n) is 13.3. The molecule has 0 bridgehead atoms. The van der Waals surface area contributed by atoms with E-state index in [-0.39, 0.29) is 5.60 Å². The lowest BCUT2D eigenvalue weighted by Crippen LogP contribution is -2.25. The van der Waals surface area contributed by atoms with Crippen LogP contribution in [0.4, 0.5) is 0 Å². The molecular weight excluding hydrogens is 254 g/mol. The lowest BCUT2D eigenvalue weighted by molar-refractivity contribution is 0.00503. The highest BCUT2D eigenvalue weighted by Crippen LogP contribution is 2.14. The van der Waals surface area contributed by atoms with Crippen molar-refractivity contribution in [2.24, 2.45) is 5.92 Å². The lowest BCUT2D eigenvalue weighted by atomic mass is 10.1. The third-order valence-corrected chi connectivity index (χ3v) is 3.03. The van der Waals surface area contributed by atoms with Gasteiger partial charge in [-0.1, -0.05) is 13.8 Å². The zero-order valence-corrected chi connectivity index (χ0v) is 13.3. The highest BCUT2D eigenvalue weighted by atomic mass is 16.5. The van der Waals surface area contributed by atoms with Crippen LogP contribution in [0.15, 0.2) is 12.4 Å². The Balaban J connectivity index is 2.39. The molecule has 0 aromatic carbocycles. The van der Waals surface area contributed by atoms with E-state index >= 15 is 0 Å². The van der Waals surface area contributed by atoms with Crippen LogP contribution in [0.2, 0.25) is 0 Å². The average molecular weight is 281 g/mol. The Hall–Kier alpha value is -1.20. The molecule has 1 N–H and O–H groups in total. The molecule has 0 amide bonds. The van der Waals surface area contributed by atoms with E-state index in [1.807, 2.05) is 13.8 Å². The highest BCUT2D eigenvalue weighted by molar-refractivity contribution is 5.08. The van der Waals surface area contributed by atoms with Crippen LogP contribution in [0.5, 0.6) is 5.88 Å². The van der Waals surface area contributed by atoms with Crippen molar-refractivity contribution in [3.05, 3.63) is 18.1 Å². The highest BCUT2D eigenvalue weighted by Gasteiger charge is 2.16. The van der Waals surface area contributed by atoms with E-state index in [2.05, 4.69) is 29.1 Å². The summed E-state index contributed by atoms with van der Waals surface area (Å²) in [4.78, 5) is 8.59. The third kappa shape index (κ3) is 6.82. The van der Waals surface area contributed by atoms with Crippen LogP contribution in [-0.4, -0.2) is 35.8 Å². The van der Waals surface area contributed by atoms with Crippen molar-refractivity contribution >= 4 is 0 Å². The monoisotopic (exact) mass is 281 g/mol. The molecule has 0 radical (unpaired) electrons. The molecule has 114 valence electrons. The Kier molecular flexibility index (Phi) is 6.88. The van der Waals surface area contributed by atoms with Gasteiger partial charge >= 0.3 is 0 Å². The largest absolute Gasteiger partial charge is 0.476 e. The van der Waals surface area contributed by atoms with Gasteiger partial charge in [0.05, 0.1) is 24.1 Å². The number of methoxy groups -OCH3 is 1. The minimum atomic E-state index is -0.177. The summed E-state index contributed by atoms with van der Waals surface area (Å²) in [7, 11) is 1.71. The molecule has 20 heavy (non-hydrogen) atoms. The fraction of sp³-hybridized carbons (Fsp3) is 0.733. The van der Waals surface area contributed by atoms with E-state index in [1.54, 1.807) is 19.5 Å². The summed E-state index contributed by atoms with van der Waals surface area (Å²) >= 11 is 0. The van der Waals surface area contributed by atoms with Gasteiger partial charge in [0.1, 0.15) is 0 Å². The fourth-order valence-corrected chi connectivity index (χ4v) is 1.53. The first-order valence-corrected chi connectivity index (χ1v) is 7.12. The van der Waals surface area contributed by atoms with Crippen LogP contribution in [0.25, 0.3) is 0 Å². The normalized spacial score (nSPS) is 11.9. The second-order valence-electron chi connectivity index (χ2n) is 5.94. The van der Waals surface area contributed by atoms with E-state index in [1.165, 1.54) is 0 Å². The molecular formula is C15H27N3O2. The van der Waals surface area contributed by atoms with Gasteiger partial charge < -0.3 is 14.8 Å². The van der Waals surface area contributed by atoms with Crippen molar-refractivity contribution in [2.45, 2.75) is 46.3 Å². The molecule has 0 saturated carbocycles. The van der Waals surface area contributed by atoms with Crippen molar-refractivity contribution in [2.75, 3.05) is 20.3 Å². The van der Waals surface area contributed by atoms with Crippen molar-refractivity contribution in [3.63, 3.8) is 0 Å². The summed E-state index contributed by atoms with van der Waals surface area (Å²) in [5.41, 5.74) is 0.721. The van der Waals surface area contributed by atoms with E-state index in [9.17, 15) is 0 Å². The second kappa shape index (κ2) is 8.17.